The van der Waals surface area contributed by atoms with Crippen LogP contribution in [0.2, 0.25) is 0 Å². The van der Waals surface area contributed by atoms with Crippen molar-refractivity contribution in [3.63, 3.8) is 0 Å². The van der Waals surface area contributed by atoms with Crippen LogP contribution in [-0.2, 0) is 16.1 Å². The third-order valence-electron chi connectivity index (χ3n) is 5.34. The zero-order valence-corrected chi connectivity index (χ0v) is 15.4. The Bertz CT molecular complexity index is 561. The van der Waals surface area contributed by atoms with E-state index in [0.29, 0.717) is 31.6 Å². The van der Waals surface area contributed by atoms with Gasteiger partial charge in [0.2, 0.25) is 5.91 Å². The van der Waals surface area contributed by atoms with Crippen molar-refractivity contribution >= 4 is 5.91 Å². The Morgan fingerprint density at radius 3 is 2.68 bits per heavy atom. The SMILES string of the molecule is CCOCCC(=O)N1C[C@@H]2CC[C@H]1CN(Cc1ccc(OC)cc1)C2. The molecule has 3 fully saturated rings. The molecule has 0 unspecified atom stereocenters. The van der Waals surface area contributed by atoms with Crippen LogP contribution in [0, 0.1) is 5.92 Å². The number of rotatable bonds is 7. The first-order chi connectivity index (χ1) is 12.2. The second-order valence-corrected chi connectivity index (χ2v) is 7.13. The predicted octanol–water partition coefficient (Wildman–Crippen LogP) is 2.54. The van der Waals surface area contributed by atoms with E-state index >= 15 is 0 Å². The Morgan fingerprint density at radius 2 is 1.96 bits per heavy atom. The van der Waals surface area contributed by atoms with E-state index in [0.717, 1.165) is 38.3 Å². The Kier molecular flexibility index (Phi) is 6.32. The lowest BCUT2D eigenvalue weighted by Gasteiger charge is -2.36. The van der Waals surface area contributed by atoms with Gasteiger partial charge in [0.1, 0.15) is 5.75 Å². The minimum atomic E-state index is 0.259. The number of amides is 1. The third kappa shape index (κ3) is 4.73. The summed E-state index contributed by atoms with van der Waals surface area (Å²) >= 11 is 0. The Morgan fingerprint density at radius 1 is 1.16 bits per heavy atom. The second-order valence-electron chi connectivity index (χ2n) is 7.13. The van der Waals surface area contributed by atoms with Crippen molar-refractivity contribution < 1.29 is 14.3 Å². The van der Waals surface area contributed by atoms with E-state index in [1.807, 2.05) is 19.1 Å². The highest BCUT2D eigenvalue weighted by Crippen LogP contribution is 2.29. The van der Waals surface area contributed by atoms with E-state index in [1.165, 1.54) is 12.0 Å². The van der Waals surface area contributed by atoms with Crippen molar-refractivity contribution in [2.45, 2.75) is 38.8 Å². The van der Waals surface area contributed by atoms with Crippen LogP contribution in [0.3, 0.4) is 0 Å². The number of hydrogen-bond acceptors (Lipinski definition) is 4. The normalized spacial score (nSPS) is 23.5. The van der Waals surface area contributed by atoms with Crippen LogP contribution in [0.1, 0.15) is 31.7 Å². The maximum Gasteiger partial charge on any atom is 0.225 e. The molecule has 0 saturated carbocycles. The van der Waals surface area contributed by atoms with Gasteiger partial charge in [-0.1, -0.05) is 12.1 Å². The summed E-state index contributed by atoms with van der Waals surface area (Å²) in [6, 6.07) is 8.66. The quantitative estimate of drug-likeness (QED) is 0.712. The maximum atomic E-state index is 12.6. The number of hydrogen-bond donors (Lipinski definition) is 0. The average Bonchev–Trinajstić information content (AvgIpc) is 2.93. The first-order valence-electron chi connectivity index (χ1n) is 9.42. The molecule has 2 atom stereocenters. The summed E-state index contributed by atoms with van der Waals surface area (Å²) in [6.07, 6.45) is 2.87. The van der Waals surface area contributed by atoms with Gasteiger partial charge in [0.05, 0.1) is 20.1 Å². The monoisotopic (exact) mass is 346 g/mol. The summed E-state index contributed by atoms with van der Waals surface area (Å²) < 4.78 is 10.6. The van der Waals surface area contributed by atoms with Gasteiger partial charge in [-0.15, -0.1) is 0 Å². The van der Waals surface area contributed by atoms with Crippen molar-refractivity contribution in [1.82, 2.24) is 9.80 Å². The van der Waals surface area contributed by atoms with Gasteiger partial charge in [0.15, 0.2) is 0 Å². The van der Waals surface area contributed by atoms with Crippen LogP contribution >= 0.6 is 0 Å². The van der Waals surface area contributed by atoms with Crippen LogP contribution in [0.4, 0.5) is 0 Å². The van der Waals surface area contributed by atoms with Crippen LogP contribution in [-0.4, -0.2) is 61.7 Å². The fourth-order valence-corrected chi connectivity index (χ4v) is 4.05. The molecule has 0 spiro atoms. The molecule has 5 nitrogen and oxygen atoms in total. The van der Waals surface area contributed by atoms with E-state index in [4.69, 9.17) is 9.47 Å². The van der Waals surface area contributed by atoms with Crippen LogP contribution in [0.5, 0.6) is 5.75 Å². The number of piperidine rings is 1. The number of benzene rings is 1. The standard InChI is InChI=1S/C20H30N2O3/c1-3-25-11-10-20(23)22-14-17-4-7-18(22)15-21(13-17)12-16-5-8-19(24-2)9-6-16/h5-6,8-9,17-18H,3-4,7,10-15H2,1-2H3/t17-,18+/m1/s1. The van der Waals surface area contributed by atoms with Gasteiger partial charge in [-0.25, -0.2) is 0 Å². The largest absolute Gasteiger partial charge is 0.497 e. The lowest BCUT2D eigenvalue weighted by atomic mass is 9.95. The molecule has 4 rings (SSSR count). The zero-order chi connectivity index (χ0) is 17.6. The topological polar surface area (TPSA) is 42.0 Å². The average molecular weight is 346 g/mol. The molecule has 2 bridgehead atoms. The van der Waals surface area contributed by atoms with E-state index in [9.17, 15) is 4.79 Å². The van der Waals surface area contributed by atoms with E-state index in [2.05, 4.69) is 21.9 Å². The second kappa shape index (κ2) is 8.68. The highest BCUT2D eigenvalue weighted by Gasteiger charge is 2.36. The van der Waals surface area contributed by atoms with Gasteiger partial charge in [-0.05, 0) is 43.4 Å². The minimum absolute atomic E-state index is 0.259. The summed E-state index contributed by atoms with van der Waals surface area (Å²) in [7, 11) is 1.69. The lowest BCUT2D eigenvalue weighted by Crippen LogP contribution is -2.47. The molecule has 138 valence electrons. The van der Waals surface area contributed by atoms with Crippen molar-refractivity contribution in [3.05, 3.63) is 29.8 Å². The van der Waals surface area contributed by atoms with Gasteiger partial charge in [0.25, 0.3) is 0 Å². The van der Waals surface area contributed by atoms with Crippen molar-refractivity contribution in [2.24, 2.45) is 5.92 Å². The van der Waals surface area contributed by atoms with E-state index in [1.54, 1.807) is 7.11 Å². The smallest absolute Gasteiger partial charge is 0.225 e. The molecule has 1 amide bonds. The summed E-state index contributed by atoms with van der Waals surface area (Å²) in [5, 5.41) is 0. The number of fused-ring (bicyclic) bond motifs is 4. The summed E-state index contributed by atoms with van der Waals surface area (Å²) in [5.74, 6) is 1.74. The Hall–Kier alpha value is -1.59. The molecule has 3 heterocycles. The number of nitrogens with zero attached hydrogens (tertiary/aromatic N) is 2. The molecule has 0 aromatic heterocycles. The molecule has 3 aliphatic heterocycles. The highest BCUT2D eigenvalue weighted by atomic mass is 16.5. The van der Waals surface area contributed by atoms with Crippen LogP contribution < -0.4 is 4.74 Å². The fraction of sp³-hybridized carbons (Fsp3) is 0.650. The van der Waals surface area contributed by atoms with E-state index < -0.39 is 0 Å². The van der Waals surface area contributed by atoms with Crippen molar-refractivity contribution in [1.29, 1.82) is 0 Å². The molecular formula is C20H30N2O3. The number of carbonyl (C=O) groups excluding carboxylic acids is 1. The predicted molar refractivity (Wildman–Crippen MR) is 97.6 cm³/mol. The molecule has 1 aromatic carbocycles. The fourth-order valence-electron chi connectivity index (χ4n) is 4.05. The first-order valence-corrected chi connectivity index (χ1v) is 9.42. The molecule has 0 N–H and O–H groups in total. The molecule has 5 heteroatoms. The molecule has 0 radical (unpaired) electrons. The van der Waals surface area contributed by atoms with Gasteiger partial charge in [-0.2, -0.15) is 0 Å². The Balaban J connectivity index is 1.59. The van der Waals surface area contributed by atoms with Gasteiger partial charge >= 0.3 is 0 Å². The maximum absolute atomic E-state index is 12.6. The molecule has 25 heavy (non-hydrogen) atoms. The van der Waals surface area contributed by atoms with Gasteiger partial charge < -0.3 is 14.4 Å². The minimum Gasteiger partial charge on any atom is -0.497 e. The summed E-state index contributed by atoms with van der Waals surface area (Å²) in [4.78, 5) is 17.2. The first kappa shape index (κ1) is 18.2. The lowest BCUT2D eigenvalue weighted by molar-refractivity contribution is -0.136. The van der Waals surface area contributed by atoms with Crippen LogP contribution in [0.25, 0.3) is 0 Å². The summed E-state index contributed by atoms with van der Waals surface area (Å²) in [5.41, 5.74) is 1.30. The van der Waals surface area contributed by atoms with Crippen molar-refractivity contribution in [3.8, 4) is 5.75 Å². The summed E-state index contributed by atoms with van der Waals surface area (Å²) in [6.45, 7) is 7.09. The van der Waals surface area contributed by atoms with E-state index in [-0.39, 0.29) is 5.91 Å². The molecule has 3 saturated heterocycles. The zero-order valence-electron chi connectivity index (χ0n) is 15.4. The molecule has 0 aliphatic carbocycles. The van der Waals surface area contributed by atoms with Crippen LogP contribution in [0.15, 0.2) is 24.3 Å². The van der Waals surface area contributed by atoms with Gasteiger partial charge in [0, 0.05) is 38.8 Å². The number of methoxy groups -OCH3 is 1. The molecule has 3 aliphatic rings. The third-order valence-corrected chi connectivity index (χ3v) is 5.34. The molecule has 1 aromatic rings. The number of ether oxygens (including phenoxy) is 2. The Labute approximate surface area is 150 Å². The molecular weight excluding hydrogens is 316 g/mol. The highest BCUT2D eigenvalue weighted by molar-refractivity contribution is 5.76. The van der Waals surface area contributed by atoms with Crippen molar-refractivity contribution in [2.75, 3.05) is 40.0 Å². The number of carbonyl (C=O) groups is 1. The van der Waals surface area contributed by atoms with Gasteiger partial charge in [-0.3, -0.25) is 9.69 Å².